The highest BCUT2D eigenvalue weighted by Gasteiger charge is 2.36. The molecule has 3 aliphatic rings. The number of aliphatic hydroxyl groups excluding tert-OH is 1. The van der Waals surface area contributed by atoms with E-state index in [-0.39, 0.29) is 37.6 Å². The van der Waals surface area contributed by atoms with Crippen LogP contribution in [0.2, 0.25) is 0 Å². The van der Waals surface area contributed by atoms with Crippen LogP contribution in [-0.2, 0) is 25.7 Å². The lowest BCUT2D eigenvalue weighted by Crippen LogP contribution is -2.45. The first-order valence-corrected chi connectivity index (χ1v) is 15.1. The minimum Gasteiger partial charge on any atom is -0.481 e. The third-order valence-corrected chi connectivity index (χ3v) is 8.46. The summed E-state index contributed by atoms with van der Waals surface area (Å²) in [5.41, 5.74) is 3.37. The average Bonchev–Trinajstić information content (AvgIpc) is 3.65. The third kappa shape index (κ3) is 8.36. The van der Waals surface area contributed by atoms with Crippen molar-refractivity contribution in [1.82, 2.24) is 9.80 Å². The maximum Gasteiger partial charge on any atom is 0.303 e. The van der Waals surface area contributed by atoms with Crippen LogP contribution < -0.4 is 5.32 Å². The molecule has 0 aromatic heterocycles. The summed E-state index contributed by atoms with van der Waals surface area (Å²) in [5, 5.41) is 21.2. The first kappa shape index (κ1) is 29.7. The Morgan fingerprint density at radius 3 is 2.49 bits per heavy atom. The van der Waals surface area contributed by atoms with Crippen molar-refractivity contribution in [3.8, 4) is 0 Å². The third-order valence-electron chi connectivity index (χ3n) is 8.46. The van der Waals surface area contributed by atoms with E-state index >= 15 is 0 Å². The van der Waals surface area contributed by atoms with Gasteiger partial charge in [0.15, 0.2) is 6.29 Å². The number of hydrogen-bond donors (Lipinski definition) is 3. The van der Waals surface area contributed by atoms with Gasteiger partial charge >= 0.3 is 5.97 Å². The maximum absolute atomic E-state index is 12.4. The zero-order valence-electron chi connectivity index (χ0n) is 23.7. The summed E-state index contributed by atoms with van der Waals surface area (Å²) in [7, 11) is 0. The summed E-state index contributed by atoms with van der Waals surface area (Å²) in [6.45, 7) is 5.49. The molecule has 2 aromatic carbocycles. The maximum atomic E-state index is 12.4. The second-order valence-electron chi connectivity index (χ2n) is 11.6. The van der Waals surface area contributed by atoms with Crippen molar-refractivity contribution in [3.63, 3.8) is 0 Å². The van der Waals surface area contributed by atoms with Crippen molar-refractivity contribution < 1.29 is 29.3 Å². The quantitative estimate of drug-likeness (QED) is 0.346. The smallest absolute Gasteiger partial charge is 0.303 e. The van der Waals surface area contributed by atoms with Gasteiger partial charge in [0.25, 0.3) is 0 Å². The van der Waals surface area contributed by atoms with E-state index < -0.39 is 12.3 Å². The second kappa shape index (κ2) is 14.4. The van der Waals surface area contributed by atoms with Crippen molar-refractivity contribution >= 4 is 17.6 Å². The standard InChI is InChI=1S/C32H43N3O6/c36-22-23-11-13-24(14-12-23)29-19-28(21-35-17-5-8-27(35)20-34-15-1-2-16-34)40-32(41-29)25-6-3-7-26(18-25)33-30(37)9-4-10-31(38)39/h3,6-7,11-14,18,27-29,32,36H,1-2,4-5,8-10,15-17,19-22H2,(H,33,37)(H,38,39)/t27-,28+,29-,32-/m0/s1. The molecule has 0 saturated carbocycles. The summed E-state index contributed by atoms with van der Waals surface area (Å²) in [4.78, 5) is 28.4. The number of nitrogens with one attached hydrogen (secondary N) is 1. The van der Waals surface area contributed by atoms with Crippen LogP contribution in [0.15, 0.2) is 48.5 Å². The van der Waals surface area contributed by atoms with E-state index in [1.54, 1.807) is 0 Å². The Morgan fingerprint density at radius 1 is 0.927 bits per heavy atom. The first-order chi connectivity index (χ1) is 20.0. The average molecular weight is 566 g/mol. The molecule has 0 spiro atoms. The van der Waals surface area contributed by atoms with Gasteiger partial charge < -0.3 is 29.9 Å². The summed E-state index contributed by atoms with van der Waals surface area (Å²) in [6.07, 6.45) is 5.40. The van der Waals surface area contributed by atoms with Gasteiger partial charge in [-0.25, -0.2) is 0 Å². The predicted octanol–water partition coefficient (Wildman–Crippen LogP) is 4.48. The molecule has 0 radical (unpaired) electrons. The van der Waals surface area contributed by atoms with E-state index in [1.807, 2.05) is 48.5 Å². The van der Waals surface area contributed by atoms with Gasteiger partial charge in [-0.15, -0.1) is 0 Å². The number of rotatable bonds is 12. The number of carbonyl (C=O) groups is 2. The molecule has 0 unspecified atom stereocenters. The van der Waals surface area contributed by atoms with Crippen LogP contribution in [0, 0.1) is 0 Å². The molecule has 9 heteroatoms. The highest BCUT2D eigenvalue weighted by Crippen LogP contribution is 2.39. The van der Waals surface area contributed by atoms with Crippen LogP contribution in [0.1, 0.15) is 80.5 Å². The molecule has 0 aliphatic carbocycles. The van der Waals surface area contributed by atoms with Crippen molar-refractivity contribution in [2.75, 3.05) is 38.0 Å². The van der Waals surface area contributed by atoms with Crippen LogP contribution in [-0.4, -0.2) is 76.8 Å². The Hall–Kier alpha value is -2.82. The van der Waals surface area contributed by atoms with Crippen molar-refractivity contribution in [2.45, 2.75) is 82.5 Å². The summed E-state index contributed by atoms with van der Waals surface area (Å²) >= 11 is 0. The van der Waals surface area contributed by atoms with E-state index in [2.05, 4.69) is 15.1 Å². The lowest BCUT2D eigenvalue weighted by molar-refractivity contribution is -0.253. The number of anilines is 1. The van der Waals surface area contributed by atoms with Crippen molar-refractivity contribution in [2.24, 2.45) is 0 Å². The molecular weight excluding hydrogens is 522 g/mol. The molecule has 41 heavy (non-hydrogen) atoms. The summed E-state index contributed by atoms with van der Waals surface area (Å²) in [6, 6.07) is 16.0. The SMILES string of the molecule is O=C(O)CCCC(=O)Nc1cccc([C@H]2O[C@@H](CN3CCC[C@H]3CN3CCCC3)C[C@@H](c3ccc(CO)cc3)O2)c1. The summed E-state index contributed by atoms with van der Waals surface area (Å²) in [5.74, 6) is -1.12. The van der Waals surface area contributed by atoms with E-state index in [0.717, 1.165) is 42.7 Å². The lowest BCUT2D eigenvalue weighted by atomic mass is 9.99. The molecule has 4 atom stereocenters. The van der Waals surface area contributed by atoms with Gasteiger partial charge in [-0.2, -0.15) is 0 Å². The fourth-order valence-electron chi connectivity index (χ4n) is 6.29. The van der Waals surface area contributed by atoms with E-state index in [9.17, 15) is 14.7 Å². The Morgan fingerprint density at radius 2 is 1.73 bits per heavy atom. The van der Waals surface area contributed by atoms with Crippen molar-refractivity contribution in [1.29, 1.82) is 0 Å². The fraction of sp³-hybridized carbons (Fsp3) is 0.562. The Balaban J connectivity index is 1.29. The second-order valence-corrected chi connectivity index (χ2v) is 11.6. The van der Waals surface area contributed by atoms with Crippen LogP contribution in [0.25, 0.3) is 0 Å². The zero-order chi connectivity index (χ0) is 28.6. The monoisotopic (exact) mass is 565 g/mol. The zero-order valence-corrected chi connectivity index (χ0v) is 23.7. The number of amides is 1. The Labute approximate surface area is 242 Å². The number of ether oxygens (including phenoxy) is 2. The number of benzene rings is 2. The highest BCUT2D eigenvalue weighted by atomic mass is 16.7. The Kier molecular flexibility index (Phi) is 10.4. The van der Waals surface area contributed by atoms with Gasteiger partial charge in [0.2, 0.25) is 5.91 Å². The molecule has 5 rings (SSSR count). The molecule has 3 N–H and O–H groups in total. The van der Waals surface area contributed by atoms with E-state index in [1.165, 1.54) is 38.8 Å². The fourth-order valence-corrected chi connectivity index (χ4v) is 6.29. The number of carboxylic acid groups (broad SMARTS) is 1. The molecule has 1 amide bonds. The van der Waals surface area contributed by atoms with Gasteiger partial charge in [-0.1, -0.05) is 36.4 Å². The molecular formula is C32H43N3O6. The van der Waals surface area contributed by atoms with Crippen LogP contribution in [0.3, 0.4) is 0 Å². The minimum atomic E-state index is -0.905. The number of nitrogens with zero attached hydrogens (tertiary/aromatic N) is 2. The number of carboxylic acids is 1. The normalized spacial score (nSPS) is 25.4. The number of aliphatic hydroxyl groups is 1. The summed E-state index contributed by atoms with van der Waals surface area (Å²) < 4.78 is 13.1. The molecule has 3 saturated heterocycles. The first-order valence-electron chi connectivity index (χ1n) is 15.1. The molecule has 0 bridgehead atoms. The molecule has 3 fully saturated rings. The molecule has 3 heterocycles. The van der Waals surface area contributed by atoms with Gasteiger partial charge in [0.05, 0.1) is 18.8 Å². The number of carbonyl (C=O) groups excluding carboxylic acids is 1. The van der Waals surface area contributed by atoms with Gasteiger partial charge in [-0.3, -0.25) is 14.5 Å². The molecule has 2 aromatic rings. The highest BCUT2D eigenvalue weighted by molar-refractivity contribution is 5.90. The number of aliphatic carboxylic acids is 1. The van der Waals surface area contributed by atoms with E-state index in [0.29, 0.717) is 18.2 Å². The Bertz CT molecular complexity index is 1150. The van der Waals surface area contributed by atoms with Gasteiger partial charge in [0.1, 0.15) is 0 Å². The van der Waals surface area contributed by atoms with Gasteiger partial charge in [0, 0.05) is 49.6 Å². The van der Waals surface area contributed by atoms with Crippen molar-refractivity contribution in [3.05, 3.63) is 65.2 Å². The van der Waals surface area contributed by atoms with Gasteiger partial charge in [-0.05, 0) is 75.0 Å². The lowest BCUT2D eigenvalue weighted by Gasteiger charge is -2.39. The van der Waals surface area contributed by atoms with E-state index in [4.69, 9.17) is 14.6 Å². The van der Waals surface area contributed by atoms with Crippen LogP contribution >= 0.6 is 0 Å². The molecule has 222 valence electrons. The van der Waals surface area contributed by atoms with Crippen LogP contribution in [0.4, 0.5) is 5.69 Å². The molecule has 3 aliphatic heterocycles. The topological polar surface area (TPSA) is 112 Å². The van der Waals surface area contributed by atoms with Crippen LogP contribution in [0.5, 0.6) is 0 Å². The predicted molar refractivity (Wildman–Crippen MR) is 155 cm³/mol. The number of likely N-dealkylation sites (tertiary alicyclic amines) is 2. The molecule has 9 nitrogen and oxygen atoms in total. The minimum absolute atomic E-state index is 0.00233. The largest absolute Gasteiger partial charge is 0.481 e. The number of hydrogen-bond acceptors (Lipinski definition) is 7.